The number of para-hydroxylation sites is 1. The van der Waals surface area contributed by atoms with E-state index >= 15 is 0 Å². The van der Waals surface area contributed by atoms with Crippen LogP contribution in [0.15, 0.2) is 18.2 Å². The predicted octanol–water partition coefficient (Wildman–Crippen LogP) is 1.47. The average molecular weight is 225 g/mol. The molecule has 0 aromatic heterocycles. The molecule has 2 aliphatic heterocycles. The van der Waals surface area contributed by atoms with Gasteiger partial charge in [0.15, 0.2) is 0 Å². The molecule has 1 aromatic rings. The topological polar surface area (TPSA) is 33.3 Å². The van der Waals surface area contributed by atoms with E-state index in [2.05, 4.69) is 16.7 Å². The molecule has 1 aromatic carbocycles. The first-order valence-electron chi connectivity index (χ1n) is 5.19. The average Bonchev–Trinajstić information content (AvgIpc) is 2.70. The van der Waals surface area contributed by atoms with E-state index in [1.807, 2.05) is 12.1 Å². The summed E-state index contributed by atoms with van der Waals surface area (Å²) in [6.07, 6.45) is 0.993. The summed E-state index contributed by atoms with van der Waals surface area (Å²) in [7, 11) is 0. The normalized spacial score (nSPS) is 28.9. The second-order valence-electron chi connectivity index (χ2n) is 4.08. The van der Waals surface area contributed by atoms with Crippen LogP contribution in [-0.2, 0) is 5.54 Å². The van der Waals surface area contributed by atoms with Crippen molar-refractivity contribution in [2.24, 2.45) is 0 Å². The lowest BCUT2D eigenvalue weighted by molar-refractivity contribution is 0.209. The molecule has 2 aliphatic rings. The maximum absolute atomic E-state index is 6.13. The minimum absolute atomic E-state index is 0.0263. The third kappa shape index (κ3) is 1.34. The van der Waals surface area contributed by atoms with Gasteiger partial charge in [0, 0.05) is 25.2 Å². The smallest absolute Gasteiger partial charge is 0.142 e. The molecule has 1 fully saturated rings. The fourth-order valence-corrected chi connectivity index (χ4v) is 2.66. The summed E-state index contributed by atoms with van der Waals surface area (Å²) < 4.78 is 5.64. The highest BCUT2D eigenvalue weighted by Crippen LogP contribution is 2.41. The van der Waals surface area contributed by atoms with Gasteiger partial charge in [0.1, 0.15) is 5.75 Å². The number of nitrogens with one attached hydrogen (secondary N) is 2. The van der Waals surface area contributed by atoms with Gasteiger partial charge in [-0.3, -0.25) is 5.32 Å². The van der Waals surface area contributed by atoms with E-state index in [1.165, 1.54) is 5.56 Å². The van der Waals surface area contributed by atoms with Gasteiger partial charge in [-0.15, -0.1) is 0 Å². The van der Waals surface area contributed by atoms with E-state index in [0.717, 1.165) is 32.0 Å². The minimum atomic E-state index is 0.0263. The second kappa shape index (κ2) is 3.37. The molecule has 1 unspecified atom stereocenters. The third-order valence-electron chi connectivity index (χ3n) is 3.24. The Morgan fingerprint density at radius 1 is 1.40 bits per heavy atom. The molecule has 0 amide bonds. The van der Waals surface area contributed by atoms with E-state index in [1.54, 1.807) is 0 Å². The van der Waals surface area contributed by atoms with Gasteiger partial charge in [-0.05, 0) is 6.07 Å². The van der Waals surface area contributed by atoms with Crippen LogP contribution in [0.2, 0.25) is 5.02 Å². The van der Waals surface area contributed by atoms with E-state index < -0.39 is 0 Å². The molecule has 1 spiro atoms. The maximum atomic E-state index is 6.13. The molecule has 2 heterocycles. The Bertz CT molecular complexity index is 388. The zero-order chi connectivity index (χ0) is 10.3. The van der Waals surface area contributed by atoms with Crippen LogP contribution in [0.1, 0.15) is 12.0 Å². The quantitative estimate of drug-likeness (QED) is 0.700. The Labute approximate surface area is 93.8 Å². The predicted molar refractivity (Wildman–Crippen MR) is 59.2 cm³/mol. The van der Waals surface area contributed by atoms with Gasteiger partial charge >= 0.3 is 0 Å². The standard InChI is InChI=1S/C11H13ClN2O/c12-9-3-1-2-8-10(9)15-5-4-11(8)6-13-7-14-11/h1-3,13-14H,4-7H2. The van der Waals surface area contributed by atoms with Crippen molar-refractivity contribution in [1.29, 1.82) is 0 Å². The van der Waals surface area contributed by atoms with Crippen molar-refractivity contribution in [3.8, 4) is 5.75 Å². The van der Waals surface area contributed by atoms with Crippen molar-refractivity contribution >= 4 is 11.6 Å². The molecule has 0 saturated carbocycles. The summed E-state index contributed by atoms with van der Waals surface area (Å²) in [6.45, 7) is 2.53. The van der Waals surface area contributed by atoms with Crippen LogP contribution in [0.4, 0.5) is 0 Å². The molecule has 1 atom stereocenters. The first-order chi connectivity index (χ1) is 7.32. The zero-order valence-corrected chi connectivity index (χ0v) is 9.10. The van der Waals surface area contributed by atoms with Gasteiger partial charge in [0.25, 0.3) is 0 Å². The summed E-state index contributed by atoms with van der Waals surface area (Å²) in [6, 6.07) is 5.96. The molecule has 2 N–H and O–H groups in total. The van der Waals surface area contributed by atoms with Crippen molar-refractivity contribution in [2.45, 2.75) is 12.0 Å². The van der Waals surface area contributed by atoms with Gasteiger partial charge in [-0.25, -0.2) is 0 Å². The minimum Gasteiger partial charge on any atom is -0.492 e. The number of hydrogen-bond donors (Lipinski definition) is 2. The van der Waals surface area contributed by atoms with E-state index in [0.29, 0.717) is 5.02 Å². The van der Waals surface area contributed by atoms with Crippen molar-refractivity contribution in [3.63, 3.8) is 0 Å². The molecule has 1 saturated heterocycles. The molecule has 4 heteroatoms. The van der Waals surface area contributed by atoms with Crippen LogP contribution in [0.3, 0.4) is 0 Å². The van der Waals surface area contributed by atoms with E-state index in [-0.39, 0.29) is 5.54 Å². The highest BCUT2D eigenvalue weighted by Gasteiger charge is 2.40. The van der Waals surface area contributed by atoms with Gasteiger partial charge in [0.2, 0.25) is 0 Å². The number of benzene rings is 1. The van der Waals surface area contributed by atoms with Crippen LogP contribution in [0.5, 0.6) is 5.75 Å². The van der Waals surface area contributed by atoms with Crippen molar-refractivity contribution in [2.75, 3.05) is 19.8 Å². The van der Waals surface area contributed by atoms with E-state index in [4.69, 9.17) is 16.3 Å². The van der Waals surface area contributed by atoms with Gasteiger partial charge < -0.3 is 10.1 Å². The highest BCUT2D eigenvalue weighted by molar-refractivity contribution is 6.32. The largest absolute Gasteiger partial charge is 0.492 e. The van der Waals surface area contributed by atoms with Gasteiger partial charge in [-0.1, -0.05) is 23.7 Å². The van der Waals surface area contributed by atoms with Crippen LogP contribution in [-0.4, -0.2) is 19.8 Å². The number of rotatable bonds is 0. The summed E-state index contributed by atoms with van der Waals surface area (Å²) in [5.74, 6) is 0.849. The first kappa shape index (κ1) is 9.46. The van der Waals surface area contributed by atoms with Gasteiger partial charge in [0.05, 0.1) is 17.2 Å². The Morgan fingerprint density at radius 3 is 3.13 bits per heavy atom. The summed E-state index contributed by atoms with van der Waals surface area (Å²) >= 11 is 6.13. The molecule has 0 radical (unpaired) electrons. The number of hydrogen-bond acceptors (Lipinski definition) is 3. The summed E-state index contributed by atoms with van der Waals surface area (Å²) in [5.41, 5.74) is 1.21. The maximum Gasteiger partial charge on any atom is 0.142 e. The molecular formula is C11H13ClN2O. The second-order valence-corrected chi connectivity index (χ2v) is 4.48. The van der Waals surface area contributed by atoms with Crippen LogP contribution in [0, 0.1) is 0 Å². The fourth-order valence-electron chi connectivity index (χ4n) is 2.43. The summed E-state index contributed by atoms with van der Waals surface area (Å²) in [5, 5.41) is 7.55. The molecular weight excluding hydrogens is 212 g/mol. The van der Waals surface area contributed by atoms with Crippen molar-refractivity contribution < 1.29 is 4.74 Å². The first-order valence-corrected chi connectivity index (χ1v) is 5.57. The number of ether oxygens (including phenoxy) is 1. The molecule has 3 rings (SSSR count). The Hall–Kier alpha value is -0.770. The lowest BCUT2D eigenvalue weighted by atomic mass is 9.85. The third-order valence-corrected chi connectivity index (χ3v) is 3.53. The lowest BCUT2D eigenvalue weighted by Gasteiger charge is -2.35. The van der Waals surface area contributed by atoms with Crippen molar-refractivity contribution in [1.82, 2.24) is 10.6 Å². The Balaban J connectivity index is 2.14. The van der Waals surface area contributed by atoms with E-state index in [9.17, 15) is 0 Å². The molecule has 0 aliphatic carbocycles. The Kier molecular flexibility index (Phi) is 2.12. The number of fused-ring (bicyclic) bond motifs is 2. The monoisotopic (exact) mass is 224 g/mol. The molecule has 80 valence electrons. The summed E-state index contributed by atoms with van der Waals surface area (Å²) in [4.78, 5) is 0. The number of halogens is 1. The lowest BCUT2D eigenvalue weighted by Crippen LogP contribution is -2.43. The fraction of sp³-hybridized carbons (Fsp3) is 0.455. The molecule has 3 nitrogen and oxygen atoms in total. The van der Waals surface area contributed by atoms with Crippen molar-refractivity contribution in [3.05, 3.63) is 28.8 Å². The zero-order valence-electron chi connectivity index (χ0n) is 8.35. The molecule has 0 bridgehead atoms. The highest BCUT2D eigenvalue weighted by atomic mass is 35.5. The van der Waals surface area contributed by atoms with Crippen LogP contribution in [0.25, 0.3) is 0 Å². The SMILES string of the molecule is Clc1cccc2c1OCCC21CNCN1. The Morgan fingerprint density at radius 2 is 2.33 bits per heavy atom. The molecule has 15 heavy (non-hydrogen) atoms. The van der Waals surface area contributed by atoms with Crippen LogP contribution < -0.4 is 15.4 Å². The van der Waals surface area contributed by atoms with Crippen LogP contribution >= 0.6 is 11.6 Å². The van der Waals surface area contributed by atoms with Gasteiger partial charge in [-0.2, -0.15) is 0 Å².